The fraction of sp³-hybridized carbons (Fsp3) is 0.188. The van der Waals surface area contributed by atoms with E-state index in [-0.39, 0.29) is 12.2 Å². The maximum Gasteiger partial charge on any atom is 0.167 e. The molecule has 0 bridgehead atoms. The second-order valence-electron chi connectivity index (χ2n) is 4.26. The molecular formula is C16H14Cl2O2. The smallest absolute Gasteiger partial charge is 0.167 e. The lowest BCUT2D eigenvalue weighted by atomic mass is 10.0. The van der Waals surface area contributed by atoms with Gasteiger partial charge in [-0.2, -0.15) is 0 Å². The van der Waals surface area contributed by atoms with Crippen LogP contribution in [0.3, 0.4) is 0 Å². The third kappa shape index (κ3) is 3.53. The van der Waals surface area contributed by atoms with Gasteiger partial charge in [0.1, 0.15) is 5.75 Å². The van der Waals surface area contributed by atoms with E-state index in [2.05, 4.69) is 0 Å². The average molecular weight is 309 g/mol. The van der Waals surface area contributed by atoms with Crippen LogP contribution < -0.4 is 4.74 Å². The molecule has 0 aliphatic rings. The molecule has 0 aromatic heterocycles. The van der Waals surface area contributed by atoms with Crippen molar-refractivity contribution in [3.8, 4) is 5.75 Å². The molecule has 104 valence electrons. The summed E-state index contributed by atoms with van der Waals surface area (Å²) in [5.41, 5.74) is 1.28. The van der Waals surface area contributed by atoms with Gasteiger partial charge in [0.05, 0.1) is 6.61 Å². The summed E-state index contributed by atoms with van der Waals surface area (Å²) >= 11 is 12.1. The third-order valence-corrected chi connectivity index (χ3v) is 3.59. The van der Waals surface area contributed by atoms with Gasteiger partial charge in [0.2, 0.25) is 0 Å². The van der Waals surface area contributed by atoms with Crippen LogP contribution in [-0.4, -0.2) is 12.4 Å². The van der Waals surface area contributed by atoms with Crippen molar-refractivity contribution in [2.75, 3.05) is 6.61 Å². The summed E-state index contributed by atoms with van der Waals surface area (Å²) in [6, 6.07) is 12.3. The van der Waals surface area contributed by atoms with Crippen molar-refractivity contribution in [2.45, 2.75) is 13.3 Å². The van der Waals surface area contributed by atoms with Crippen molar-refractivity contribution < 1.29 is 9.53 Å². The van der Waals surface area contributed by atoms with E-state index >= 15 is 0 Å². The van der Waals surface area contributed by atoms with Gasteiger partial charge in [-0.1, -0.05) is 29.3 Å². The number of carbonyl (C=O) groups is 1. The van der Waals surface area contributed by atoms with Gasteiger partial charge < -0.3 is 4.74 Å². The first-order valence-electron chi connectivity index (χ1n) is 6.30. The number of Topliss-reactive ketones (excluding diaryl/α,β-unsaturated/α-hetero) is 1. The fourth-order valence-electron chi connectivity index (χ4n) is 1.87. The van der Waals surface area contributed by atoms with Gasteiger partial charge in [-0.25, -0.2) is 0 Å². The maximum absolute atomic E-state index is 12.2. The highest BCUT2D eigenvalue weighted by atomic mass is 35.5. The van der Waals surface area contributed by atoms with E-state index in [0.717, 1.165) is 5.75 Å². The summed E-state index contributed by atoms with van der Waals surface area (Å²) in [5.74, 6) is 0.725. The Bertz CT molecular complexity index is 586. The zero-order valence-corrected chi connectivity index (χ0v) is 12.5. The molecular weight excluding hydrogens is 295 g/mol. The Hall–Kier alpha value is -1.51. The van der Waals surface area contributed by atoms with Crippen molar-refractivity contribution in [3.05, 3.63) is 63.6 Å². The number of halogens is 2. The van der Waals surface area contributed by atoms with Gasteiger partial charge in [-0.3, -0.25) is 4.79 Å². The number of hydrogen-bond acceptors (Lipinski definition) is 2. The maximum atomic E-state index is 12.2. The molecule has 0 saturated carbocycles. The molecule has 0 aliphatic heterocycles. The first-order chi connectivity index (χ1) is 9.61. The minimum Gasteiger partial charge on any atom is -0.494 e. The number of hydrogen-bond donors (Lipinski definition) is 0. The fourth-order valence-corrected chi connectivity index (χ4v) is 2.40. The Morgan fingerprint density at radius 3 is 2.20 bits per heavy atom. The Balaban J connectivity index is 2.16. The SMILES string of the molecule is CCOc1ccc(C(=O)Cc2c(Cl)cccc2Cl)cc1. The number of ether oxygens (including phenoxy) is 1. The Labute approximate surface area is 128 Å². The van der Waals surface area contributed by atoms with Gasteiger partial charge >= 0.3 is 0 Å². The molecule has 0 unspecified atom stereocenters. The molecule has 4 heteroatoms. The minimum atomic E-state index is -0.0250. The third-order valence-electron chi connectivity index (χ3n) is 2.89. The molecule has 2 nitrogen and oxygen atoms in total. The summed E-state index contributed by atoms with van der Waals surface area (Å²) in [6.45, 7) is 2.51. The summed E-state index contributed by atoms with van der Waals surface area (Å²) in [5, 5.41) is 1.02. The van der Waals surface area contributed by atoms with E-state index in [9.17, 15) is 4.79 Å². The number of carbonyl (C=O) groups excluding carboxylic acids is 1. The normalized spacial score (nSPS) is 10.3. The Morgan fingerprint density at radius 2 is 1.65 bits per heavy atom. The molecule has 0 radical (unpaired) electrons. The molecule has 0 atom stereocenters. The molecule has 2 aromatic rings. The van der Waals surface area contributed by atoms with Crippen LogP contribution in [0.5, 0.6) is 5.75 Å². The number of ketones is 1. The predicted molar refractivity (Wildman–Crippen MR) is 82.1 cm³/mol. The lowest BCUT2D eigenvalue weighted by molar-refractivity contribution is 0.0993. The van der Waals surface area contributed by atoms with Crippen molar-refractivity contribution in [2.24, 2.45) is 0 Å². The molecule has 2 aromatic carbocycles. The molecule has 2 rings (SSSR count). The molecule has 0 aliphatic carbocycles. The largest absolute Gasteiger partial charge is 0.494 e. The van der Waals surface area contributed by atoms with E-state index in [1.54, 1.807) is 42.5 Å². The van der Waals surface area contributed by atoms with Crippen molar-refractivity contribution in [1.29, 1.82) is 0 Å². The molecule has 0 spiro atoms. The van der Waals surface area contributed by atoms with Crippen LogP contribution in [0, 0.1) is 0 Å². The van der Waals surface area contributed by atoms with Gasteiger partial charge in [0, 0.05) is 22.0 Å². The topological polar surface area (TPSA) is 26.3 Å². The first-order valence-corrected chi connectivity index (χ1v) is 7.06. The quantitative estimate of drug-likeness (QED) is 0.740. The van der Waals surface area contributed by atoms with Crippen LogP contribution >= 0.6 is 23.2 Å². The van der Waals surface area contributed by atoms with E-state index in [1.165, 1.54) is 0 Å². The molecule has 0 fully saturated rings. The average Bonchev–Trinajstić information content (AvgIpc) is 2.44. The van der Waals surface area contributed by atoms with E-state index in [4.69, 9.17) is 27.9 Å². The van der Waals surface area contributed by atoms with Gasteiger partial charge in [0.25, 0.3) is 0 Å². The highest BCUT2D eigenvalue weighted by Gasteiger charge is 2.12. The van der Waals surface area contributed by atoms with Gasteiger partial charge in [-0.05, 0) is 48.9 Å². The summed E-state index contributed by atoms with van der Waals surface area (Å²) < 4.78 is 5.34. The highest BCUT2D eigenvalue weighted by molar-refractivity contribution is 6.36. The lowest BCUT2D eigenvalue weighted by Gasteiger charge is -2.07. The Morgan fingerprint density at radius 1 is 1.05 bits per heavy atom. The zero-order chi connectivity index (χ0) is 14.5. The van der Waals surface area contributed by atoms with Crippen LogP contribution in [0.15, 0.2) is 42.5 Å². The minimum absolute atomic E-state index is 0.0250. The van der Waals surface area contributed by atoms with Crippen molar-refractivity contribution in [3.63, 3.8) is 0 Å². The van der Waals surface area contributed by atoms with E-state index < -0.39 is 0 Å². The standard InChI is InChI=1S/C16H14Cl2O2/c1-2-20-12-8-6-11(7-9-12)16(19)10-13-14(17)4-3-5-15(13)18/h3-9H,2,10H2,1H3. The second-order valence-corrected chi connectivity index (χ2v) is 5.07. The molecule has 0 heterocycles. The molecule has 20 heavy (non-hydrogen) atoms. The number of benzene rings is 2. The Kier molecular flexibility index (Phi) is 5.05. The second kappa shape index (κ2) is 6.78. The summed E-state index contributed by atoms with van der Waals surface area (Å²) in [6.07, 6.45) is 0.187. The lowest BCUT2D eigenvalue weighted by Crippen LogP contribution is -2.04. The zero-order valence-electron chi connectivity index (χ0n) is 11.0. The molecule has 0 saturated heterocycles. The monoisotopic (exact) mass is 308 g/mol. The molecule has 0 N–H and O–H groups in total. The summed E-state index contributed by atoms with van der Waals surface area (Å²) in [4.78, 5) is 12.2. The first kappa shape index (κ1) is 14.9. The van der Waals surface area contributed by atoms with Crippen LogP contribution in [0.1, 0.15) is 22.8 Å². The highest BCUT2D eigenvalue weighted by Crippen LogP contribution is 2.26. The van der Waals surface area contributed by atoms with Gasteiger partial charge in [0.15, 0.2) is 5.78 Å². The predicted octanol–water partition coefficient (Wildman–Crippen LogP) is 4.82. The summed E-state index contributed by atoms with van der Waals surface area (Å²) in [7, 11) is 0. The van der Waals surface area contributed by atoms with Crippen LogP contribution in [0.2, 0.25) is 10.0 Å². The molecule has 0 amide bonds. The van der Waals surface area contributed by atoms with Crippen LogP contribution in [0.25, 0.3) is 0 Å². The van der Waals surface area contributed by atoms with Crippen molar-refractivity contribution >= 4 is 29.0 Å². The van der Waals surface area contributed by atoms with E-state index in [1.807, 2.05) is 6.92 Å². The van der Waals surface area contributed by atoms with Crippen LogP contribution in [-0.2, 0) is 6.42 Å². The van der Waals surface area contributed by atoms with Crippen LogP contribution in [0.4, 0.5) is 0 Å². The van der Waals surface area contributed by atoms with Crippen molar-refractivity contribution in [1.82, 2.24) is 0 Å². The number of rotatable bonds is 5. The van der Waals surface area contributed by atoms with Gasteiger partial charge in [-0.15, -0.1) is 0 Å². The van der Waals surface area contributed by atoms with E-state index in [0.29, 0.717) is 27.8 Å².